The first-order valence-electron chi connectivity index (χ1n) is 6.29. The third-order valence-corrected chi connectivity index (χ3v) is 3.12. The fourth-order valence-electron chi connectivity index (χ4n) is 2.25. The third kappa shape index (κ3) is 3.50. The molecule has 2 unspecified atom stereocenters. The number of benzene rings is 1. The van der Waals surface area contributed by atoms with Gasteiger partial charge in [-0.2, -0.15) is 0 Å². The molecule has 0 saturated heterocycles. The van der Waals surface area contributed by atoms with Gasteiger partial charge in [0.2, 0.25) is 0 Å². The summed E-state index contributed by atoms with van der Waals surface area (Å²) in [6, 6.07) is 4.17. The molecule has 0 aliphatic rings. The van der Waals surface area contributed by atoms with Crippen LogP contribution in [-0.4, -0.2) is 12.6 Å². The molecule has 0 fully saturated rings. The van der Waals surface area contributed by atoms with Crippen LogP contribution in [0.4, 0.5) is 8.78 Å². The van der Waals surface area contributed by atoms with E-state index in [0.29, 0.717) is 0 Å². The van der Waals surface area contributed by atoms with Crippen LogP contribution >= 0.6 is 0 Å². The Morgan fingerprint density at radius 1 is 1.18 bits per heavy atom. The van der Waals surface area contributed by atoms with E-state index in [1.807, 2.05) is 13.8 Å². The maximum absolute atomic E-state index is 13.7. The molecule has 17 heavy (non-hydrogen) atoms. The van der Waals surface area contributed by atoms with Crippen LogP contribution in [0.2, 0.25) is 0 Å². The van der Waals surface area contributed by atoms with E-state index in [9.17, 15) is 8.78 Å². The van der Waals surface area contributed by atoms with Crippen molar-refractivity contribution in [3.8, 4) is 0 Å². The molecule has 0 bridgehead atoms. The average Bonchev–Trinajstić information content (AvgIpc) is 2.28. The van der Waals surface area contributed by atoms with Crippen molar-refractivity contribution >= 4 is 0 Å². The number of hydrogen-bond acceptors (Lipinski definition) is 1. The van der Waals surface area contributed by atoms with Crippen LogP contribution in [-0.2, 0) is 0 Å². The molecule has 0 aliphatic carbocycles. The quantitative estimate of drug-likeness (QED) is 0.797. The predicted molar refractivity (Wildman–Crippen MR) is 67.1 cm³/mol. The van der Waals surface area contributed by atoms with E-state index in [2.05, 4.69) is 12.2 Å². The molecular formula is C14H21F2N. The Kier molecular flexibility index (Phi) is 5.56. The first kappa shape index (κ1) is 14.1. The highest BCUT2D eigenvalue weighted by atomic mass is 19.1. The highest BCUT2D eigenvalue weighted by molar-refractivity contribution is 5.24. The van der Waals surface area contributed by atoms with Gasteiger partial charge in [0, 0.05) is 17.5 Å². The Morgan fingerprint density at radius 2 is 1.76 bits per heavy atom. The van der Waals surface area contributed by atoms with Gasteiger partial charge in [-0.25, -0.2) is 8.78 Å². The normalized spacial score (nSPS) is 14.6. The number of likely N-dealkylation sites (N-methyl/N-ethyl adjacent to an activating group) is 1. The van der Waals surface area contributed by atoms with Gasteiger partial charge in [0.05, 0.1) is 0 Å². The van der Waals surface area contributed by atoms with Crippen LogP contribution < -0.4 is 5.32 Å². The Morgan fingerprint density at radius 3 is 2.24 bits per heavy atom. The van der Waals surface area contributed by atoms with Crippen molar-refractivity contribution in [2.45, 2.75) is 45.6 Å². The standard InChI is InChI=1S/C14H21F2N/c1-4-7-13(17-5-2)10(3)14-11(15)8-6-9-12(14)16/h6,8-10,13,17H,4-5,7H2,1-3H3. The highest BCUT2D eigenvalue weighted by Gasteiger charge is 2.23. The number of hydrogen-bond donors (Lipinski definition) is 1. The number of rotatable bonds is 6. The van der Waals surface area contributed by atoms with Crippen molar-refractivity contribution in [1.29, 1.82) is 0 Å². The third-order valence-electron chi connectivity index (χ3n) is 3.12. The summed E-state index contributed by atoms with van der Waals surface area (Å²) >= 11 is 0. The Labute approximate surface area is 102 Å². The molecule has 1 aromatic rings. The molecule has 0 radical (unpaired) electrons. The van der Waals surface area contributed by atoms with Crippen molar-refractivity contribution in [1.82, 2.24) is 5.32 Å². The van der Waals surface area contributed by atoms with Gasteiger partial charge in [-0.3, -0.25) is 0 Å². The van der Waals surface area contributed by atoms with Gasteiger partial charge in [-0.15, -0.1) is 0 Å². The molecule has 2 atom stereocenters. The number of halogens is 2. The molecule has 0 saturated carbocycles. The fourth-order valence-corrected chi connectivity index (χ4v) is 2.25. The second-order valence-electron chi connectivity index (χ2n) is 4.38. The largest absolute Gasteiger partial charge is 0.314 e. The van der Waals surface area contributed by atoms with Gasteiger partial charge in [-0.05, 0) is 25.1 Å². The summed E-state index contributed by atoms with van der Waals surface area (Å²) < 4.78 is 27.3. The lowest BCUT2D eigenvalue weighted by Crippen LogP contribution is -2.34. The first-order valence-corrected chi connectivity index (χ1v) is 6.29. The fraction of sp³-hybridized carbons (Fsp3) is 0.571. The van der Waals surface area contributed by atoms with Gasteiger partial charge in [0.15, 0.2) is 0 Å². The second kappa shape index (κ2) is 6.70. The van der Waals surface area contributed by atoms with E-state index in [4.69, 9.17) is 0 Å². The van der Waals surface area contributed by atoms with Gasteiger partial charge in [0.1, 0.15) is 11.6 Å². The smallest absolute Gasteiger partial charge is 0.129 e. The van der Waals surface area contributed by atoms with E-state index in [-0.39, 0.29) is 17.5 Å². The van der Waals surface area contributed by atoms with Crippen LogP contribution in [0.25, 0.3) is 0 Å². The van der Waals surface area contributed by atoms with Crippen molar-refractivity contribution in [2.75, 3.05) is 6.54 Å². The molecule has 1 aromatic carbocycles. The number of nitrogens with one attached hydrogen (secondary N) is 1. The van der Waals surface area contributed by atoms with Crippen molar-refractivity contribution in [3.05, 3.63) is 35.4 Å². The Hall–Kier alpha value is -0.960. The predicted octanol–water partition coefficient (Wildman–Crippen LogP) is 3.85. The van der Waals surface area contributed by atoms with Crippen molar-refractivity contribution in [2.24, 2.45) is 0 Å². The minimum Gasteiger partial charge on any atom is -0.314 e. The summed E-state index contributed by atoms with van der Waals surface area (Å²) in [5.41, 5.74) is 0.201. The zero-order valence-electron chi connectivity index (χ0n) is 10.8. The molecule has 0 spiro atoms. The SMILES string of the molecule is CCCC(NCC)C(C)c1c(F)cccc1F. The minimum absolute atomic E-state index is 0.122. The second-order valence-corrected chi connectivity index (χ2v) is 4.38. The summed E-state index contributed by atoms with van der Waals surface area (Å²) in [6.07, 6.45) is 1.92. The minimum atomic E-state index is -0.448. The van der Waals surface area contributed by atoms with Gasteiger partial charge < -0.3 is 5.32 Å². The molecule has 1 nitrogen and oxygen atoms in total. The molecule has 0 amide bonds. The lowest BCUT2D eigenvalue weighted by Gasteiger charge is -2.25. The van der Waals surface area contributed by atoms with Crippen LogP contribution in [0.5, 0.6) is 0 Å². The van der Waals surface area contributed by atoms with Crippen LogP contribution in [0.1, 0.15) is 45.1 Å². The van der Waals surface area contributed by atoms with Crippen LogP contribution in [0, 0.1) is 11.6 Å². The van der Waals surface area contributed by atoms with Crippen molar-refractivity contribution in [3.63, 3.8) is 0 Å². The highest BCUT2D eigenvalue weighted by Crippen LogP contribution is 2.27. The molecule has 1 N–H and O–H groups in total. The zero-order valence-corrected chi connectivity index (χ0v) is 10.8. The van der Waals surface area contributed by atoms with Crippen molar-refractivity contribution < 1.29 is 8.78 Å². The molecule has 3 heteroatoms. The molecule has 1 rings (SSSR count). The lowest BCUT2D eigenvalue weighted by atomic mass is 9.89. The van der Waals surface area contributed by atoms with Crippen LogP contribution in [0.15, 0.2) is 18.2 Å². The summed E-state index contributed by atoms with van der Waals surface area (Å²) in [7, 11) is 0. The maximum atomic E-state index is 13.7. The van der Waals surface area contributed by atoms with E-state index < -0.39 is 11.6 Å². The van der Waals surface area contributed by atoms with E-state index >= 15 is 0 Å². The maximum Gasteiger partial charge on any atom is 0.129 e. The van der Waals surface area contributed by atoms with E-state index in [0.717, 1.165) is 19.4 Å². The molecule has 0 aromatic heterocycles. The summed E-state index contributed by atoms with van der Waals surface area (Å²) in [6.45, 7) is 6.78. The first-order chi connectivity index (χ1) is 8.11. The lowest BCUT2D eigenvalue weighted by molar-refractivity contribution is 0.406. The van der Waals surface area contributed by atoms with Gasteiger partial charge in [-0.1, -0.05) is 33.3 Å². The van der Waals surface area contributed by atoms with Gasteiger partial charge in [0.25, 0.3) is 0 Å². The molecular weight excluding hydrogens is 220 g/mol. The zero-order chi connectivity index (χ0) is 12.8. The summed E-state index contributed by atoms with van der Waals surface area (Å²) in [5.74, 6) is -1.05. The summed E-state index contributed by atoms with van der Waals surface area (Å²) in [5, 5.41) is 3.30. The molecule has 0 aliphatic heterocycles. The topological polar surface area (TPSA) is 12.0 Å². The Balaban J connectivity index is 2.95. The average molecular weight is 241 g/mol. The monoisotopic (exact) mass is 241 g/mol. The molecule has 96 valence electrons. The van der Waals surface area contributed by atoms with Crippen LogP contribution in [0.3, 0.4) is 0 Å². The summed E-state index contributed by atoms with van der Waals surface area (Å²) in [4.78, 5) is 0. The van der Waals surface area contributed by atoms with E-state index in [1.165, 1.54) is 18.2 Å². The van der Waals surface area contributed by atoms with Gasteiger partial charge >= 0.3 is 0 Å². The Bertz CT molecular complexity index is 326. The van der Waals surface area contributed by atoms with E-state index in [1.54, 1.807) is 0 Å². The molecule has 0 heterocycles.